The Morgan fingerprint density at radius 1 is 1.47 bits per heavy atom. The molecule has 1 aromatic heterocycles. The van der Waals surface area contributed by atoms with Gasteiger partial charge in [-0.1, -0.05) is 0 Å². The number of ether oxygens (including phenoxy) is 1. The predicted octanol–water partition coefficient (Wildman–Crippen LogP) is 2.41. The van der Waals surface area contributed by atoms with Gasteiger partial charge in [-0.2, -0.15) is 5.10 Å². The Balaban J connectivity index is 2.04. The maximum absolute atomic E-state index is 6.08. The van der Waals surface area contributed by atoms with Gasteiger partial charge in [-0.3, -0.25) is 5.10 Å². The molecule has 2 heterocycles. The Labute approximate surface area is 103 Å². The van der Waals surface area contributed by atoms with Crippen molar-refractivity contribution in [3.63, 3.8) is 0 Å². The van der Waals surface area contributed by atoms with Crippen LogP contribution in [0.1, 0.15) is 52.6 Å². The number of rotatable bonds is 3. The van der Waals surface area contributed by atoms with Crippen molar-refractivity contribution in [2.45, 2.75) is 64.3 Å². The largest absolute Gasteiger partial charge is 0.368 e. The van der Waals surface area contributed by atoms with E-state index in [9.17, 15) is 0 Å². The molecule has 2 rings (SSSR count). The SMILES string of the molecule is CC(NC1CC(C)(C)OC1(C)C)c1cn[nH]c1. The summed E-state index contributed by atoms with van der Waals surface area (Å²) in [7, 11) is 0. The standard InChI is InChI=1S/C13H23N3O/c1-9(10-7-14-15-8-10)16-11-6-12(2,3)17-13(11,4)5/h7-9,11,16H,6H2,1-5H3,(H,14,15). The second kappa shape index (κ2) is 4.10. The molecule has 1 fully saturated rings. The summed E-state index contributed by atoms with van der Waals surface area (Å²) in [5.41, 5.74) is 1.02. The fourth-order valence-corrected chi connectivity index (χ4v) is 2.72. The molecular formula is C13H23N3O. The lowest BCUT2D eigenvalue weighted by Gasteiger charge is -2.29. The van der Waals surface area contributed by atoms with Crippen LogP contribution in [0.2, 0.25) is 0 Å². The summed E-state index contributed by atoms with van der Waals surface area (Å²) < 4.78 is 6.08. The predicted molar refractivity (Wildman–Crippen MR) is 67.8 cm³/mol. The summed E-state index contributed by atoms with van der Waals surface area (Å²) >= 11 is 0. The molecule has 0 saturated carbocycles. The number of hydrogen-bond donors (Lipinski definition) is 2. The molecular weight excluding hydrogens is 214 g/mol. The van der Waals surface area contributed by atoms with E-state index in [1.165, 1.54) is 5.56 Å². The first kappa shape index (κ1) is 12.6. The highest BCUT2D eigenvalue weighted by molar-refractivity contribution is 5.10. The zero-order valence-corrected chi connectivity index (χ0v) is 11.4. The fourth-order valence-electron chi connectivity index (χ4n) is 2.72. The number of nitrogens with one attached hydrogen (secondary N) is 2. The lowest BCUT2D eigenvalue weighted by molar-refractivity contribution is -0.0703. The highest BCUT2D eigenvalue weighted by Crippen LogP contribution is 2.38. The first-order chi connectivity index (χ1) is 7.80. The van der Waals surface area contributed by atoms with E-state index >= 15 is 0 Å². The minimum atomic E-state index is -0.124. The first-order valence-corrected chi connectivity index (χ1v) is 6.25. The number of H-pyrrole nitrogens is 1. The highest BCUT2D eigenvalue weighted by Gasteiger charge is 2.46. The Bertz CT molecular complexity index is 370. The molecule has 17 heavy (non-hydrogen) atoms. The molecule has 2 atom stereocenters. The Kier molecular flexibility index (Phi) is 3.04. The topological polar surface area (TPSA) is 49.9 Å². The second-order valence-electron chi connectivity index (χ2n) is 6.14. The van der Waals surface area contributed by atoms with Crippen molar-refractivity contribution < 1.29 is 4.74 Å². The van der Waals surface area contributed by atoms with Crippen LogP contribution in [0.4, 0.5) is 0 Å². The number of aromatic amines is 1. The third-order valence-electron chi connectivity index (χ3n) is 3.54. The van der Waals surface area contributed by atoms with Crippen LogP contribution in [0.5, 0.6) is 0 Å². The number of hydrogen-bond acceptors (Lipinski definition) is 3. The Morgan fingerprint density at radius 3 is 2.65 bits per heavy atom. The molecule has 1 aliphatic heterocycles. The van der Waals surface area contributed by atoms with Crippen molar-refractivity contribution in [2.24, 2.45) is 0 Å². The lowest BCUT2D eigenvalue weighted by Crippen LogP contribution is -2.44. The molecule has 96 valence electrons. The van der Waals surface area contributed by atoms with Crippen molar-refractivity contribution >= 4 is 0 Å². The molecule has 0 radical (unpaired) electrons. The van der Waals surface area contributed by atoms with Gasteiger partial charge in [0.15, 0.2) is 0 Å². The van der Waals surface area contributed by atoms with Crippen molar-refractivity contribution in [1.29, 1.82) is 0 Å². The summed E-state index contributed by atoms with van der Waals surface area (Å²) in [4.78, 5) is 0. The molecule has 2 unspecified atom stereocenters. The number of nitrogens with zero attached hydrogens (tertiary/aromatic N) is 1. The molecule has 0 aromatic carbocycles. The summed E-state index contributed by atoms with van der Waals surface area (Å²) in [6.45, 7) is 10.8. The normalized spacial score (nSPS) is 28.2. The fraction of sp³-hybridized carbons (Fsp3) is 0.769. The zero-order valence-electron chi connectivity index (χ0n) is 11.4. The van der Waals surface area contributed by atoms with Gasteiger partial charge >= 0.3 is 0 Å². The Morgan fingerprint density at radius 2 is 2.18 bits per heavy atom. The first-order valence-electron chi connectivity index (χ1n) is 6.25. The van der Waals surface area contributed by atoms with E-state index in [1.807, 2.05) is 12.4 Å². The van der Waals surface area contributed by atoms with E-state index in [0.717, 1.165) is 6.42 Å². The van der Waals surface area contributed by atoms with E-state index < -0.39 is 0 Å². The average Bonchev–Trinajstić information content (AvgIpc) is 2.72. The van der Waals surface area contributed by atoms with Crippen molar-refractivity contribution in [3.8, 4) is 0 Å². The summed E-state index contributed by atoms with van der Waals surface area (Å²) in [5.74, 6) is 0. The van der Waals surface area contributed by atoms with Crippen molar-refractivity contribution in [1.82, 2.24) is 15.5 Å². The van der Waals surface area contributed by atoms with Crippen LogP contribution >= 0.6 is 0 Å². The maximum Gasteiger partial charge on any atom is 0.0787 e. The molecule has 2 N–H and O–H groups in total. The highest BCUT2D eigenvalue weighted by atomic mass is 16.5. The Hall–Kier alpha value is -0.870. The summed E-state index contributed by atoms with van der Waals surface area (Å²) in [6, 6.07) is 0.651. The van der Waals surface area contributed by atoms with Gasteiger partial charge in [0.05, 0.1) is 17.4 Å². The van der Waals surface area contributed by atoms with Gasteiger partial charge in [-0.25, -0.2) is 0 Å². The molecule has 0 spiro atoms. The van der Waals surface area contributed by atoms with Crippen LogP contribution in [0.3, 0.4) is 0 Å². The van der Waals surface area contributed by atoms with Crippen LogP contribution in [0.15, 0.2) is 12.4 Å². The minimum Gasteiger partial charge on any atom is -0.368 e. The third kappa shape index (κ3) is 2.69. The summed E-state index contributed by atoms with van der Waals surface area (Å²) in [5, 5.41) is 10.5. The molecule has 1 saturated heterocycles. The quantitative estimate of drug-likeness (QED) is 0.848. The molecule has 4 nitrogen and oxygen atoms in total. The minimum absolute atomic E-state index is 0.0444. The molecule has 4 heteroatoms. The van der Waals surface area contributed by atoms with Crippen molar-refractivity contribution in [2.75, 3.05) is 0 Å². The van der Waals surface area contributed by atoms with Gasteiger partial charge in [0.1, 0.15) is 0 Å². The van der Waals surface area contributed by atoms with Gasteiger partial charge in [0.2, 0.25) is 0 Å². The van der Waals surface area contributed by atoms with Crippen LogP contribution < -0.4 is 5.32 Å². The van der Waals surface area contributed by atoms with E-state index in [0.29, 0.717) is 6.04 Å². The third-order valence-corrected chi connectivity index (χ3v) is 3.54. The van der Waals surface area contributed by atoms with Gasteiger partial charge in [-0.05, 0) is 41.0 Å². The van der Waals surface area contributed by atoms with E-state index in [1.54, 1.807) is 0 Å². The zero-order chi connectivity index (χ0) is 12.7. The van der Waals surface area contributed by atoms with Crippen LogP contribution in [0.25, 0.3) is 0 Å². The van der Waals surface area contributed by atoms with Crippen molar-refractivity contribution in [3.05, 3.63) is 18.0 Å². The van der Waals surface area contributed by atoms with Gasteiger partial charge in [0.25, 0.3) is 0 Å². The summed E-state index contributed by atoms with van der Waals surface area (Å²) in [6.07, 6.45) is 4.83. The van der Waals surface area contributed by atoms with E-state index in [-0.39, 0.29) is 17.2 Å². The lowest BCUT2D eigenvalue weighted by atomic mass is 9.93. The van der Waals surface area contributed by atoms with Gasteiger partial charge in [-0.15, -0.1) is 0 Å². The van der Waals surface area contributed by atoms with Crippen LogP contribution in [0, 0.1) is 0 Å². The van der Waals surface area contributed by atoms with Gasteiger partial charge in [0, 0.05) is 23.8 Å². The maximum atomic E-state index is 6.08. The molecule has 0 bridgehead atoms. The average molecular weight is 237 g/mol. The van der Waals surface area contributed by atoms with Crippen LogP contribution in [-0.4, -0.2) is 27.4 Å². The van der Waals surface area contributed by atoms with E-state index in [2.05, 4.69) is 50.1 Å². The molecule has 0 amide bonds. The second-order valence-corrected chi connectivity index (χ2v) is 6.14. The monoisotopic (exact) mass is 237 g/mol. The molecule has 0 aliphatic carbocycles. The number of aromatic nitrogens is 2. The van der Waals surface area contributed by atoms with Crippen LogP contribution in [-0.2, 0) is 4.74 Å². The molecule has 1 aliphatic rings. The van der Waals surface area contributed by atoms with Gasteiger partial charge < -0.3 is 10.1 Å². The van der Waals surface area contributed by atoms with E-state index in [4.69, 9.17) is 4.74 Å². The smallest absolute Gasteiger partial charge is 0.0787 e. The molecule has 1 aromatic rings.